The van der Waals surface area contributed by atoms with E-state index < -0.39 is 10.9 Å². The fourth-order valence-corrected chi connectivity index (χ4v) is 1.95. The van der Waals surface area contributed by atoms with Crippen LogP contribution in [0.5, 0.6) is 0 Å². The van der Waals surface area contributed by atoms with E-state index in [9.17, 15) is 14.9 Å². The Hall–Kier alpha value is -2.15. The van der Waals surface area contributed by atoms with Gasteiger partial charge in [0.25, 0.3) is 5.69 Å². The molecule has 7 nitrogen and oxygen atoms in total. The first kappa shape index (κ1) is 16.9. The zero-order valence-corrected chi connectivity index (χ0v) is 12.7. The second-order valence-corrected chi connectivity index (χ2v) is 5.37. The summed E-state index contributed by atoms with van der Waals surface area (Å²) in [5, 5.41) is 23.2. The zero-order chi connectivity index (χ0) is 16.2. The summed E-state index contributed by atoms with van der Waals surface area (Å²) in [6.07, 6.45) is 0.845. The van der Waals surface area contributed by atoms with Crippen molar-refractivity contribution in [1.29, 1.82) is 0 Å². The van der Waals surface area contributed by atoms with Crippen LogP contribution in [0.25, 0.3) is 0 Å². The second kappa shape index (κ2) is 7.03. The van der Waals surface area contributed by atoms with E-state index in [1.165, 1.54) is 6.07 Å². The number of nitrogens with zero attached hydrogens (tertiary/aromatic N) is 2. The van der Waals surface area contributed by atoms with E-state index in [2.05, 4.69) is 5.32 Å². The molecule has 0 aliphatic carbocycles. The van der Waals surface area contributed by atoms with Gasteiger partial charge in [0, 0.05) is 23.4 Å². The third-order valence-electron chi connectivity index (χ3n) is 3.24. The van der Waals surface area contributed by atoms with Crippen LogP contribution < -0.4 is 5.32 Å². The molecule has 0 amide bonds. The molecule has 1 aromatic carbocycles. The monoisotopic (exact) mass is 295 g/mol. The maximum absolute atomic E-state index is 11.1. The number of anilines is 1. The Morgan fingerprint density at radius 1 is 1.48 bits per heavy atom. The predicted octanol–water partition coefficient (Wildman–Crippen LogP) is 2.35. The van der Waals surface area contributed by atoms with Crippen LogP contribution in [-0.2, 0) is 0 Å². The Balaban J connectivity index is 3.05. The topological polar surface area (TPSA) is 95.7 Å². The van der Waals surface area contributed by atoms with E-state index in [1.54, 1.807) is 6.92 Å². The molecule has 0 spiro atoms. The Kier molecular flexibility index (Phi) is 5.66. The molecule has 0 heterocycles. The Morgan fingerprint density at radius 3 is 2.57 bits per heavy atom. The van der Waals surface area contributed by atoms with Gasteiger partial charge in [0.15, 0.2) is 0 Å². The van der Waals surface area contributed by atoms with E-state index >= 15 is 0 Å². The van der Waals surface area contributed by atoms with E-state index in [-0.39, 0.29) is 17.3 Å². The molecule has 0 aromatic heterocycles. The summed E-state index contributed by atoms with van der Waals surface area (Å²) in [5.41, 5.74) is 0.668. The summed E-state index contributed by atoms with van der Waals surface area (Å²) in [6.45, 7) is 4.45. The van der Waals surface area contributed by atoms with Crippen LogP contribution >= 0.6 is 0 Å². The molecular weight excluding hydrogens is 274 g/mol. The van der Waals surface area contributed by atoms with Gasteiger partial charge >= 0.3 is 5.97 Å². The second-order valence-electron chi connectivity index (χ2n) is 5.37. The Morgan fingerprint density at radius 2 is 2.10 bits per heavy atom. The van der Waals surface area contributed by atoms with Gasteiger partial charge in [0.05, 0.1) is 10.5 Å². The standard InChI is InChI=1S/C14H21N3O4/c1-9(5-6-16(3)4)15-12-7-11(14(18)19)8-13(10(12)2)17(20)21/h7-9,15H,5-6H2,1-4H3,(H,18,19). The van der Waals surface area contributed by atoms with Gasteiger partial charge < -0.3 is 15.3 Å². The highest BCUT2D eigenvalue weighted by Gasteiger charge is 2.19. The number of nitro benzene ring substituents is 1. The van der Waals surface area contributed by atoms with Crippen molar-refractivity contribution < 1.29 is 14.8 Å². The Labute approximate surface area is 123 Å². The Bertz CT molecular complexity index is 543. The van der Waals surface area contributed by atoms with E-state index in [1.807, 2.05) is 25.9 Å². The normalized spacial score (nSPS) is 12.2. The maximum Gasteiger partial charge on any atom is 0.336 e. The van der Waals surface area contributed by atoms with Gasteiger partial charge in [-0.1, -0.05) is 0 Å². The van der Waals surface area contributed by atoms with Gasteiger partial charge in [-0.3, -0.25) is 10.1 Å². The predicted molar refractivity (Wildman–Crippen MR) is 81.0 cm³/mol. The van der Waals surface area contributed by atoms with Crippen LogP contribution in [0.2, 0.25) is 0 Å². The molecule has 1 aromatic rings. The minimum Gasteiger partial charge on any atom is -0.478 e. The van der Waals surface area contributed by atoms with Crippen LogP contribution in [0.3, 0.4) is 0 Å². The van der Waals surface area contributed by atoms with Crippen molar-refractivity contribution >= 4 is 17.3 Å². The molecule has 1 atom stereocenters. The van der Waals surface area contributed by atoms with Crippen LogP contribution in [0.4, 0.5) is 11.4 Å². The van der Waals surface area contributed by atoms with Crippen LogP contribution in [0, 0.1) is 17.0 Å². The lowest BCUT2D eigenvalue weighted by Crippen LogP contribution is -2.23. The zero-order valence-electron chi connectivity index (χ0n) is 12.7. The average molecular weight is 295 g/mol. The van der Waals surface area contributed by atoms with Crippen molar-refractivity contribution in [3.8, 4) is 0 Å². The van der Waals surface area contributed by atoms with Crippen molar-refractivity contribution in [3.05, 3.63) is 33.4 Å². The van der Waals surface area contributed by atoms with E-state index in [0.29, 0.717) is 11.3 Å². The van der Waals surface area contributed by atoms with Crippen molar-refractivity contribution in [2.45, 2.75) is 26.3 Å². The number of hydrogen-bond acceptors (Lipinski definition) is 5. The fraction of sp³-hybridized carbons (Fsp3) is 0.500. The van der Waals surface area contributed by atoms with Crippen molar-refractivity contribution in [1.82, 2.24) is 4.90 Å². The first-order valence-corrected chi connectivity index (χ1v) is 6.66. The summed E-state index contributed by atoms with van der Waals surface area (Å²) in [7, 11) is 3.93. The fourth-order valence-electron chi connectivity index (χ4n) is 1.95. The smallest absolute Gasteiger partial charge is 0.336 e. The van der Waals surface area contributed by atoms with E-state index in [4.69, 9.17) is 5.11 Å². The number of hydrogen-bond donors (Lipinski definition) is 2. The van der Waals surface area contributed by atoms with Gasteiger partial charge in [-0.05, 0) is 47.0 Å². The van der Waals surface area contributed by atoms with Gasteiger partial charge in [-0.25, -0.2) is 4.79 Å². The number of nitrogens with one attached hydrogen (secondary N) is 1. The minimum atomic E-state index is -1.18. The lowest BCUT2D eigenvalue weighted by atomic mass is 10.1. The molecule has 0 aliphatic rings. The van der Waals surface area contributed by atoms with E-state index in [0.717, 1.165) is 19.0 Å². The molecule has 0 fully saturated rings. The molecule has 0 radical (unpaired) electrons. The molecular formula is C14H21N3O4. The SMILES string of the molecule is Cc1c(NC(C)CCN(C)C)cc(C(=O)O)cc1[N+](=O)[O-]. The van der Waals surface area contributed by atoms with Crippen LogP contribution in [-0.4, -0.2) is 47.6 Å². The molecule has 1 rings (SSSR count). The first-order chi connectivity index (χ1) is 9.72. The summed E-state index contributed by atoms with van der Waals surface area (Å²) >= 11 is 0. The van der Waals surface area contributed by atoms with Crippen molar-refractivity contribution in [2.75, 3.05) is 26.0 Å². The largest absolute Gasteiger partial charge is 0.478 e. The highest BCUT2D eigenvalue weighted by Crippen LogP contribution is 2.28. The number of rotatable bonds is 7. The third kappa shape index (κ3) is 4.71. The molecule has 1 unspecified atom stereocenters. The molecule has 0 saturated heterocycles. The lowest BCUT2D eigenvalue weighted by Gasteiger charge is -2.19. The van der Waals surface area contributed by atoms with Crippen LogP contribution in [0.15, 0.2) is 12.1 Å². The van der Waals surface area contributed by atoms with Gasteiger partial charge in [0.2, 0.25) is 0 Å². The highest BCUT2D eigenvalue weighted by molar-refractivity contribution is 5.90. The number of aromatic carboxylic acids is 1. The number of carboxylic acids is 1. The summed E-state index contributed by atoms with van der Waals surface area (Å²) in [4.78, 5) is 23.6. The molecule has 0 aliphatic heterocycles. The number of carboxylic acid groups (broad SMARTS) is 1. The summed E-state index contributed by atoms with van der Waals surface area (Å²) < 4.78 is 0. The van der Waals surface area contributed by atoms with Crippen LogP contribution in [0.1, 0.15) is 29.3 Å². The van der Waals surface area contributed by atoms with Crippen molar-refractivity contribution in [3.63, 3.8) is 0 Å². The van der Waals surface area contributed by atoms with Gasteiger partial charge in [-0.2, -0.15) is 0 Å². The first-order valence-electron chi connectivity index (χ1n) is 6.66. The molecule has 116 valence electrons. The number of nitro groups is 1. The van der Waals surface area contributed by atoms with Crippen molar-refractivity contribution in [2.24, 2.45) is 0 Å². The molecule has 0 saturated carbocycles. The lowest BCUT2D eigenvalue weighted by molar-refractivity contribution is -0.385. The van der Waals surface area contributed by atoms with Gasteiger partial charge in [-0.15, -0.1) is 0 Å². The highest BCUT2D eigenvalue weighted by atomic mass is 16.6. The molecule has 7 heteroatoms. The summed E-state index contributed by atoms with van der Waals surface area (Å²) in [6, 6.07) is 2.61. The number of benzene rings is 1. The quantitative estimate of drug-likeness (QED) is 0.592. The number of carbonyl (C=O) groups is 1. The summed E-state index contributed by atoms with van der Waals surface area (Å²) in [5.74, 6) is -1.18. The molecule has 0 bridgehead atoms. The third-order valence-corrected chi connectivity index (χ3v) is 3.24. The molecule has 2 N–H and O–H groups in total. The molecule has 21 heavy (non-hydrogen) atoms. The minimum absolute atomic E-state index is 0.0785. The average Bonchev–Trinajstić information content (AvgIpc) is 2.38. The van der Waals surface area contributed by atoms with Gasteiger partial charge in [0.1, 0.15) is 0 Å². The maximum atomic E-state index is 11.1.